The van der Waals surface area contributed by atoms with Gasteiger partial charge in [-0.25, -0.2) is 0 Å². The van der Waals surface area contributed by atoms with Gasteiger partial charge < -0.3 is 10.0 Å². The summed E-state index contributed by atoms with van der Waals surface area (Å²) in [5, 5.41) is 13.4. The average Bonchev–Trinajstić information content (AvgIpc) is 3.02. The number of hydrogen-bond acceptors (Lipinski definition) is 3. The lowest BCUT2D eigenvalue weighted by Gasteiger charge is -2.32. The monoisotopic (exact) mass is 305 g/mol. The van der Waals surface area contributed by atoms with Gasteiger partial charge in [0, 0.05) is 25.8 Å². The Hall–Kier alpha value is -1.85. The highest BCUT2D eigenvalue weighted by Crippen LogP contribution is 2.59. The van der Waals surface area contributed by atoms with Crippen molar-refractivity contribution in [2.24, 2.45) is 18.4 Å². The van der Waals surface area contributed by atoms with Crippen LogP contribution in [0.25, 0.3) is 0 Å². The fourth-order valence-electron chi connectivity index (χ4n) is 3.69. The molecule has 1 aromatic heterocycles. The maximum absolute atomic E-state index is 12.6. The molecule has 1 atom stereocenters. The molecule has 1 saturated heterocycles. The molecule has 1 saturated carbocycles. The average molecular weight is 305 g/mol. The van der Waals surface area contributed by atoms with E-state index in [9.17, 15) is 9.59 Å². The number of carbonyl (C=O) groups is 2. The fourth-order valence-corrected chi connectivity index (χ4v) is 3.69. The first-order valence-corrected chi connectivity index (χ1v) is 7.90. The summed E-state index contributed by atoms with van der Waals surface area (Å²) in [6, 6.07) is 1.87. The van der Waals surface area contributed by atoms with E-state index < -0.39 is 5.97 Å². The van der Waals surface area contributed by atoms with Gasteiger partial charge in [-0.1, -0.05) is 13.8 Å². The Kier molecular flexibility index (Phi) is 3.50. The molecule has 2 fully saturated rings. The van der Waals surface area contributed by atoms with E-state index in [1.807, 2.05) is 18.0 Å². The third-order valence-electron chi connectivity index (χ3n) is 5.26. The number of aromatic nitrogens is 2. The SMILES string of the molecule is CC(C)c1cc(C(=O)N2CCC3(CC2)CC3C(=O)O)nn1C. The van der Waals surface area contributed by atoms with Crippen molar-refractivity contribution in [3.8, 4) is 0 Å². The molecule has 6 nitrogen and oxygen atoms in total. The van der Waals surface area contributed by atoms with Crippen molar-refractivity contribution in [1.82, 2.24) is 14.7 Å². The predicted molar refractivity (Wildman–Crippen MR) is 80.6 cm³/mol. The second-order valence-electron chi connectivity index (χ2n) is 6.98. The molecule has 2 aliphatic rings. The van der Waals surface area contributed by atoms with Gasteiger partial charge in [-0.2, -0.15) is 5.10 Å². The number of aliphatic carboxylic acids is 1. The smallest absolute Gasteiger partial charge is 0.307 e. The van der Waals surface area contributed by atoms with Crippen LogP contribution in [0.3, 0.4) is 0 Å². The summed E-state index contributed by atoms with van der Waals surface area (Å²) in [5.74, 6) is -0.602. The van der Waals surface area contributed by atoms with Crippen LogP contribution in [0, 0.1) is 11.3 Å². The third-order valence-corrected chi connectivity index (χ3v) is 5.26. The maximum atomic E-state index is 12.6. The predicted octanol–water partition coefficient (Wildman–Crippen LogP) is 1.87. The van der Waals surface area contributed by atoms with Crippen LogP contribution in [-0.4, -0.2) is 44.8 Å². The van der Waals surface area contributed by atoms with E-state index in [1.54, 1.807) is 4.68 Å². The molecule has 1 aliphatic carbocycles. The highest BCUT2D eigenvalue weighted by atomic mass is 16.4. The van der Waals surface area contributed by atoms with Gasteiger partial charge in [0.05, 0.1) is 5.92 Å². The van der Waals surface area contributed by atoms with Crippen molar-refractivity contribution >= 4 is 11.9 Å². The van der Waals surface area contributed by atoms with Gasteiger partial charge in [0.2, 0.25) is 0 Å². The Morgan fingerprint density at radius 3 is 2.45 bits per heavy atom. The minimum absolute atomic E-state index is 0.0372. The standard InChI is InChI=1S/C16H23N3O3/c1-10(2)13-8-12(17-18(13)3)14(20)19-6-4-16(5-7-19)9-11(16)15(21)22/h8,10-11H,4-7,9H2,1-3H3,(H,21,22). The lowest BCUT2D eigenvalue weighted by atomic mass is 9.90. The van der Waals surface area contributed by atoms with Crippen LogP contribution in [0.2, 0.25) is 0 Å². The summed E-state index contributed by atoms with van der Waals surface area (Å²) >= 11 is 0. The van der Waals surface area contributed by atoms with Crippen molar-refractivity contribution in [2.75, 3.05) is 13.1 Å². The van der Waals surface area contributed by atoms with Gasteiger partial charge >= 0.3 is 5.97 Å². The fraction of sp³-hybridized carbons (Fsp3) is 0.688. The summed E-state index contributed by atoms with van der Waals surface area (Å²) in [5.41, 5.74) is 1.49. The van der Waals surface area contributed by atoms with E-state index >= 15 is 0 Å². The highest BCUT2D eigenvalue weighted by molar-refractivity contribution is 5.92. The van der Waals surface area contributed by atoms with Crippen molar-refractivity contribution in [3.05, 3.63) is 17.5 Å². The van der Waals surface area contributed by atoms with E-state index in [0.29, 0.717) is 24.7 Å². The molecule has 120 valence electrons. The molecular weight excluding hydrogens is 282 g/mol. The number of carbonyl (C=O) groups excluding carboxylic acids is 1. The molecule has 0 bridgehead atoms. The van der Waals surface area contributed by atoms with E-state index in [-0.39, 0.29) is 17.2 Å². The van der Waals surface area contributed by atoms with Crippen LogP contribution < -0.4 is 0 Å². The molecule has 1 unspecified atom stereocenters. The number of piperidine rings is 1. The van der Waals surface area contributed by atoms with Crippen LogP contribution in [0.1, 0.15) is 55.2 Å². The van der Waals surface area contributed by atoms with Gasteiger partial charge in [0.1, 0.15) is 0 Å². The zero-order chi connectivity index (χ0) is 16.1. The van der Waals surface area contributed by atoms with Gasteiger partial charge in [-0.05, 0) is 36.7 Å². The minimum Gasteiger partial charge on any atom is -0.481 e. The Bertz CT molecular complexity index is 612. The van der Waals surface area contributed by atoms with Crippen molar-refractivity contribution in [2.45, 2.75) is 39.0 Å². The van der Waals surface area contributed by atoms with Crippen molar-refractivity contribution in [1.29, 1.82) is 0 Å². The lowest BCUT2D eigenvalue weighted by Crippen LogP contribution is -2.40. The molecule has 1 N–H and O–H groups in total. The van der Waals surface area contributed by atoms with Crippen LogP contribution >= 0.6 is 0 Å². The van der Waals surface area contributed by atoms with Crippen LogP contribution in [-0.2, 0) is 11.8 Å². The maximum Gasteiger partial charge on any atom is 0.307 e. The van der Waals surface area contributed by atoms with E-state index in [1.165, 1.54) is 0 Å². The second-order valence-corrected chi connectivity index (χ2v) is 6.98. The molecular formula is C16H23N3O3. The van der Waals surface area contributed by atoms with Crippen LogP contribution in [0.4, 0.5) is 0 Å². The van der Waals surface area contributed by atoms with E-state index in [0.717, 1.165) is 25.0 Å². The zero-order valence-electron chi connectivity index (χ0n) is 13.4. The number of aryl methyl sites for hydroxylation is 1. The zero-order valence-corrected chi connectivity index (χ0v) is 13.4. The summed E-state index contributed by atoms with van der Waals surface area (Å²) in [6.45, 7) is 5.43. The van der Waals surface area contributed by atoms with Crippen molar-refractivity contribution < 1.29 is 14.7 Å². The topological polar surface area (TPSA) is 75.4 Å². The Balaban J connectivity index is 1.65. The summed E-state index contributed by atoms with van der Waals surface area (Å²) in [4.78, 5) is 25.5. The molecule has 3 rings (SSSR count). The minimum atomic E-state index is -0.689. The number of hydrogen-bond donors (Lipinski definition) is 1. The van der Waals surface area contributed by atoms with Gasteiger partial charge in [0.15, 0.2) is 5.69 Å². The van der Waals surface area contributed by atoms with Gasteiger partial charge in [0.25, 0.3) is 5.91 Å². The molecule has 1 aromatic rings. The molecule has 0 aromatic carbocycles. The lowest BCUT2D eigenvalue weighted by molar-refractivity contribution is -0.139. The Morgan fingerprint density at radius 2 is 2.00 bits per heavy atom. The largest absolute Gasteiger partial charge is 0.481 e. The summed E-state index contributed by atoms with van der Waals surface area (Å²) in [6.07, 6.45) is 2.35. The molecule has 22 heavy (non-hydrogen) atoms. The first kappa shape index (κ1) is 15.1. The quantitative estimate of drug-likeness (QED) is 0.925. The molecule has 1 spiro atoms. The first-order valence-electron chi connectivity index (χ1n) is 7.90. The van der Waals surface area contributed by atoms with Gasteiger partial charge in [-0.15, -0.1) is 0 Å². The van der Waals surface area contributed by atoms with Crippen LogP contribution in [0.5, 0.6) is 0 Å². The molecule has 1 amide bonds. The second kappa shape index (κ2) is 5.11. The Labute approximate surface area is 130 Å². The van der Waals surface area contributed by atoms with Gasteiger partial charge in [-0.3, -0.25) is 14.3 Å². The number of likely N-dealkylation sites (tertiary alicyclic amines) is 1. The number of amides is 1. The number of carboxylic acids is 1. The molecule has 2 heterocycles. The molecule has 6 heteroatoms. The molecule has 0 radical (unpaired) electrons. The van der Waals surface area contributed by atoms with E-state index in [2.05, 4.69) is 18.9 Å². The first-order chi connectivity index (χ1) is 10.3. The Morgan fingerprint density at radius 1 is 1.36 bits per heavy atom. The third kappa shape index (κ3) is 2.40. The number of rotatable bonds is 3. The number of carboxylic acid groups (broad SMARTS) is 1. The normalized spacial score (nSPS) is 23.1. The summed E-state index contributed by atoms with van der Waals surface area (Å²) < 4.78 is 1.77. The van der Waals surface area contributed by atoms with E-state index in [4.69, 9.17) is 5.11 Å². The summed E-state index contributed by atoms with van der Waals surface area (Å²) in [7, 11) is 1.86. The number of nitrogens with zero attached hydrogens (tertiary/aromatic N) is 3. The highest BCUT2D eigenvalue weighted by Gasteiger charge is 2.59. The van der Waals surface area contributed by atoms with Crippen molar-refractivity contribution in [3.63, 3.8) is 0 Å². The van der Waals surface area contributed by atoms with Crippen LogP contribution in [0.15, 0.2) is 6.07 Å². The molecule has 1 aliphatic heterocycles.